The van der Waals surface area contributed by atoms with E-state index in [0.29, 0.717) is 0 Å². The van der Waals surface area contributed by atoms with Gasteiger partial charge in [-0.25, -0.2) is 10.0 Å². The number of rotatable bonds is 7. The summed E-state index contributed by atoms with van der Waals surface area (Å²) in [5.74, 6) is 0. The van der Waals surface area contributed by atoms with Crippen LogP contribution in [0.3, 0.4) is 0 Å². The highest BCUT2D eigenvalue weighted by Crippen LogP contribution is 1.99. The van der Waals surface area contributed by atoms with Crippen LogP contribution in [0.1, 0.15) is 40.0 Å². The summed E-state index contributed by atoms with van der Waals surface area (Å²) < 4.78 is 0. The molecule has 0 N–H and O–H groups in total. The summed E-state index contributed by atoms with van der Waals surface area (Å²) in [5, 5.41) is 4.80. The number of nitrogens with zero attached hydrogens (tertiary/aromatic N) is 2. The highest BCUT2D eigenvalue weighted by molar-refractivity contribution is 4.52. The van der Waals surface area contributed by atoms with Gasteiger partial charge in [-0.3, -0.25) is 0 Å². The average molecular weight is 172 g/mol. The third-order valence-corrected chi connectivity index (χ3v) is 1.99. The monoisotopic (exact) mass is 172 g/mol. The Hall–Kier alpha value is -0.0800. The van der Waals surface area contributed by atoms with Gasteiger partial charge in [-0.1, -0.05) is 20.8 Å². The molecule has 0 aromatic carbocycles. The number of hydrogen-bond acceptors (Lipinski definition) is 2. The summed E-state index contributed by atoms with van der Waals surface area (Å²) in [6, 6.07) is 0. The zero-order valence-corrected chi connectivity index (χ0v) is 9.14. The normalized spacial score (nSPS) is 11.5. The van der Waals surface area contributed by atoms with E-state index in [2.05, 4.69) is 37.8 Å². The molecule has 0 aliphatic rings. The molecule has 0 bridgehead atoms. The largest absolute Gasteiger partial charge is 0.245 e. The molecule has 74 valence electrons. The highest BCUT2D eigenvalue weighted by atomic mass is 15.6. The molecule has 0 heterocycles. The smallest absolute Gasteiger partial charge is 0.0130 e. The molecule has 0 saturated carbocycles. The van der Waals surface area contributed by atoms with Gasteiger partial charge in [0.2, 0.25) is 0 Å². The van der Waals surface area contributed by atoms with Crippen LogP contribution in [0.25, 0.3) is 0 Å². The van der Waals surface area contributed by atoms with Crippen molar-refractivity contribution in [2.75, 3.05) is 26.7 Å². The van der Waals surface area contributed by atoms with E-state index in [0.717, 1.165) is 0 Å². The van der Waals surface area contributed by atoms with Gasteiger partial charge < -0.3 is 0 Å². The van der Waals surface area contributed by atoms with Gasteiger partial charge in [0.15, 0.2) is 0 Å². The molecular formula is C10H24N2. The second-order valence-corrected chi connectivity index (χ2v) is 3.33. The van der Waals surface area contributed by atoms with Gasteiger partial charge in [0.05, 0.1) is 0 Å². The number of hydrogen-bond donors (Lipinski definition) is 0. The first kappa shape index (κ1) is 11.9. The average Bonchev–Trinajstić information content (AvgIpc) is 2.04. The van der Waals surface area contributed by atoms with Gasteiger partial charge in [0.1, 0.15) is 0 Å². The second-order valence-electron chi connectivity index (χ2n) is 3.33. The van der Waals surface area contributed by atoms with Crippen LogP contribution in [0.2, 0.25) is 0 Å². The summed E-state index contributed by atoms with van der Waals surface area (Å²) in [4.78, 5) is 0. The fraction of sp³-hybridized carbons (Fsp3) is 1.00. The van der Waals surface area contributed by atoms with Crippen molar-refractivity contribution in [3.8, 4) is 0 Å². The molecule has 0 aromatic heterocycles. The summed E-state index contributed by atoms with van der Waals surface area (Å²) in [5.41, 5.74) is 0. The Morgan fingerprint density at radius 2 is 1.17 bits per heavy atom. The molecule has 0 aliphatic heterocycles. The predicted molar refractivity (Wildman–Crippen MR) is 55.1 cm³/mol. The lowest BCUT2D eigenvalue weighted by molar-refractivity contribution is -0.000241. The van der Waals surface area contributed by atoms with Crippen molar-refractivity contribution < 1.29 is 0 Å². The second kappa shape index (κ2) is 7.56. The van der Waals surface area contributed by atoms with Crippen LogP contribution in [0, 0.1) is 0 Å². The Bertz CT molecular complexity index is 87.8. The molecule has 0 aromatic rings. The Kier molecular flexibility index (Phi) is 7.51. The molecule has 0 amide bonds. The minimum atomic E-state index is 1.18. The minimum absolute atomic E-state index is 1.18. The van der Waals surface area contributed by atoms with Crippen molar-refractivity contribution in [3.63, 3.8) is 0 Å². The van der Waals surface area contributed by atoms with Crippen molar-refractivity contribution in [1.29, 1.82) is 0 Å². The first-order valence-corrected chi connectivity index (χ1v) is 5.22. The van der Waals surface area contributed by atoms with Crippen molar-refractivity contribution >= 4 is 0 Å². The molecule has 0 radical (unpaired) electrons. The van der Waals surface area contributed by atoms with E-state index in [9.17, 15) is 0 Å². The molecule has 0 unspecified atom stereocenters. The first-order valence-electron chi connectivity index (χ1n) is 5.22. The van der Waals surface area contributed by atoms with E-state index >= 15 is 0 Å². The molecule has 0 rings (SSSR count). The Morgan fingerprint density at radius 1 is 0.750 bits per heavy atom. The van der Waals surface area contributed by atoms with E-state index in [1.165, 1.54) is 38.9 Å². The van der Waals surface area contributed by atoms with E-state index in [1.54, 1.807) is 0 Å². The molecule has 0 saturated heterocycles. The lowest BCUT2D eigenvalue weighted by Gasteiger charge is -2.31. The zero-order valence-electron chi connectivity index (χ0n) is 9.14. The van der Waals surface area contributed by atoms with E-state index in [1.807, 2.05) is 0 Å². The van der Waals surface area contributed by atoms with Crippen LogP contribution in [0.4, 0.5) is 0 Å². The van der Waals surface area contributed by atoms with Gasteiger partial charge in [0, 0.05) is 26.7 Å². The molecule has 0 atom stereocenters. The molecular weight excluding hydrogens is 148 g/mol. The summed E-state index contributed by atoms with van der Waals surface area (Å²) in [7, 11) is 2.19. The molecule has 0 aliphatic carbocycles. The quantitative estimate of drug-likeness (QED) is 0.544. The fourth-order valence-electron chi connectivity index (χ4n) is 1.43. The van der Waals surface area contributed by atoms with E-state index in [-0.39, 0.29) is 0 Å². The Labute approximate surface area is 77.5 Å². The third kappa shape index (κ3) is 4.73. The maximum atomic E-state index is 2.45. The standard InChI is InChI=1S/C10H24N2/c1-5-8-11(4)12(9-6-2)10-7-3/h5-10H2,1-4H3. The highest BCUT2D eigenvalue weighted by Gasteiger charge is 2.06. The Balaban J connectivity index is 3.72. The topological polar surface area (TPSA) is 6.48 Å². The van der Waals surface area contributed by atoms with E-state index < -0.39 is 0 Å². The molecule has 0 spiro atoms. The Morgan fingerprint density at radius 3 is 1.50 bits per heavy atom. The zero-order chi connectivity index (χ0) is 9.40. The molecule has 2 heteroatoms. The third-order valence-electron chi connectivity index (χ3n) is 1.99. The maximum absolute atomic E-state index is 2.45. The van der Waals surface area contributed by atoms with Crippen molar-refractivity contribution in [2.24, 2.45) is 0 Å². The molecule has 12 heavy (non-hydrogen) atoms. The van der Waals surface area contributed by atoms with Crippen LogP contribution >= 0.6 is 0 Å². The predicted octanol–water partition coefficient (Wildman–Crippen LogP) is 2.37. The van der Waals surface area contributed by atoms with Crippen LogP contribution in [0.15, 0.2) is 0 Å². The molecule has 2 nitrogen and oxygen atoms in total. The summed E-state index contributed by atoms with van der Waals surface area (Å²) >= 11 is 0. The van der Waals surface area contributed by atoms with Gasteiger partial charge in [-0.15, -0.1) is 0 Å². The van der Waals surface area contributed by atoms with Crippen molar-refractivity contribution in [3.05, 3.63) is 0 Å². The SMILES string of the molecule is CCCN(C)N(CCC)CCC. The van der Waals surface area contributed by atoms with Gasteiger partial charge >= 0.3 is 0 Å². The fourth-order valence-corrected chi connectivity index (χ4v) is 1.43. The van der Waals surface area contributed by atoms with Gasteiger partial charge in [-0.2, -0.15) is 0 Å². The van der Waals surface area contributed by atoms with Gasteiger partial charge in [0.25, 0.3) is 0 Å². The summed E-state index contributed by atoms with van der Waals surface area (Å²) in [6.07, 6.45) is 3.72. The minimum Gasteiger partial charge on any atom is -0.245 e. The van der Waals surface area contributed by atoms with Crippen molar-refractivity contribution in [1.82, 2.24) is 10.0 Å². The van der Waals surface area contributed by atoms with Crippen LogP contribution in [-0.2, 0) is 0 Å². The van der Waals surface area contributed by atoms with Crippen molar-refractivity contribution in [2.45, 2.75) is 40.0 Å². The van der Waals surface area contributed by atoms with E-state index in [4.69, 9.17) is 0 Å². The van der Waals surface area contributed by atoms with Crippen LogP contribution in [0.5, 0.6) is 0 Å². The maximum Gasteiger partial charge on any atom is 0.0130 e. The van der Waals surface area contributed by atoms with Crippen LogP contribution < -0.4 is 0 Å². The molecule has 0 fully saturated rings. The number of hydrazine groups is 1. The lowest BCUT2D eigenvalue weighted by atomic mass is 10.4. The first-order chi connectivity index (χ1) is 5.76. The summed E-state index contributed by atoms with van der Waals surface area (Å²) in [6.45, 7) is 10.3. The van der Waals surface area contributed by atoms with Gasteiger partial charge in [-0.05, 0) is 19.3 Å². The lowest BCUT2D eigenvalue weighted by Crippen LogP contribution is -2.41. The van der Waals surface area contributed by atoms with Crippen LogP contribution in [-0.4, -0.2) is 36.7 Å².